The first-order chi connectivity index (χ1) is 7.74. The molecule has 0 saturated heterocycles. The van der Waals surface area contributed by atoms with E-state index in [0.717, 1.165) is 22.4 Å². The summed E-state index contributed by atoms with van der Waals surface area (Å²) in [4.78, 5) is 8.41. The number of hydrogen-bond donors (Lipinski definition) is 1. The average molecular weight is 215 g/mol. The summed E-state index contributed by atoms with van der Waals surface area (Å²) in [5.74, 6) is 0. The molecule has 0 aliphatic rings. The lowest BCUT2D eigenvalue weighted by Crippen LogP contribution is -2.23. The molecule has 0 aliphatic carbocycles. The summed E-state index contributed by atoms with van der Waals surface area (Å²) in [6, 6.07) is 0. The van der Waals surface area contributed by atoms with Gasteiger partial charge < -0.3 is 0 Å². The van der Waals surface area contributed by atoms with Gasteiger partial charge >= 0.3 is 0 Å². The van der Waals surface area contributed by atoms with Gasteiger partial charge in [-0.3, -0.25) is 19.6 Å². The third kappa shape index (κ3) is 1.67. The molecule has 0 fully saturated rings. The van der Waals surface area contributed by atoms with E-state index >= 15 is 0 Å². The first kappa shape index (κ1) is 10.4. The number of aromatic nitrogens is 4. The molecule has 82 valence electrons. The average Bonchev–Trinajstić information content (AvgIpc) is 2.81. The summed E-state index contributed by atoms with van der Waals surface area (Å²) >= 11 is 0. The Bertz CT molecular complexity index is 562. The second-order valence-corrected chi connectivity index (χ2v) is 3.36. The van der Waals surface area contributed by atoms with Crippen molar-refractivity contribution in [2.75, 3.05) is 7.05 Å². The van der Waals surface area contributed by atoms with Crippen molar-refractivity contribution in [1.82, 2.24) is 19.7 Å². The largest absolute Gasteiger partial charge is 0.299 e. The molecule has 0 amide bonds. The van der Waals surface area contributed by atoms with Gasteiger partial charge in [0, 0.05) is 31.2 Å². The minimum atomic E-state index is 0.800. The molecule has 0 atom stereocenters. The standard InChI is InChI=1S/C11H13N5/c1-8-11(12-3)16(5-4-13-8)9(2)10-6-14-15-7-10/h4-7H,2H2,1,3H3,(H,14,15). The molecule has 2 rings (SSSR count). The summed E-state index contributed by atoms with van der Waals surface area (Å²) in [5.41, 5.74) is 3.42. The molecule has 5 heteroatoms. The molecular formula is C11H13N5. The maximum atomic E-state index is 4.21. The Morgan fingerprint density at radius 2 is 2.38 bits per heavy atom. The Labute approximate surface area is 93.2 Å². The van der Waals surface area contributed by atoms with Gasteiger partial charge in [0.15, 0.2) is 5.49 Å². The number of aromatic amines is 1. The Morgan fingerprint density at radius 3 is 3.00 bits per heavy atom. The first-order valence-electron chi connectivity index (χ1n) is 4.89. The second kappa shape index (κ2) is 4.14. The van der Waals surface area contributed by atoms with E-state index < -0.39 is 0 Å². The summed E-state index contributed by atoms with van der Waals surface area (Å²) in [6.07, 6.45) is 7.09. The summed E-state index contributed by atoms with van der Waals surface area (Å²) in [6.45, 7) is 5.95. The predicted molar refractivity (Wildman–Crippen MR) is 61.5 cm³/mol. The fourth-order valence-corrected chi connectivity index (χ4v) is 1.55. The quantitative estimate of drug-likeness (QED) is 0.811. The molecular weight excluding hydrogens is 202 g/mol. The summed E-state index contributed by atoms with van der Waals surface area (Å²) in [5, 5.41) is 6.66. The molecule has 0 bridgehead atoms. The zero-order chi connectivity index (χ0) is 11.5. The maximum Gasteiger partial charge on any atom is 0.153 e. The Hall–Kier alpha value is -2.17. The van der Waals surface area contributed by atoms with E-state index in [-0.39, 0.29) is 0 Å². The van der Waals surface area contributed by atoms with Crippen LogP contribution in [-0.2, 0) is 0 Å². The highest BCUT2D eigenvalue weighted by Gasteiger charge is 2.04. The third-order valence-electron chi connectivity index (χ3n) is 2.37. The molecule has 0 spiro atoms. The summed E-state index contributed by atoms with van der Waals surface area (Å²) < 4.78 is 1.90. The zero-order valence-electron chi connectivity index (χ0n) is 9.31. The van der Waals surface area contributed by atoms with Crippen LogP contribution in [0.5, 0.6) is 0 Å². The molecule has 5 nitrogen and oxygen atoms in total. The van der Waals surface area contributed by atoms with Crippen LogP contribution in [0, 0.1) is 6.92 Å². The van der Waals surface area contributed by atoms with Gasteiger partial charge in [0.05, 0.1) is 17.6 Å². The van der Waals surface area contributed by atoms with E-state index in [9.17, 15) is 0 Å². The molecule has 0 aliphatic heterocycles. The molecule has 16 heavy (non-hydrogen) atoms. The number of nitrogens with zero attached hydrogens (tertiary/aromatic N) is 4. The number of nitrogens with one attached hydrogen (secondary N) is 1. The Morgan fingerprint density at radius 1 is 1.56 bits per heavy atom. The topological polar surface area (TPSA) is 58.9 Å². The van der Waals surface area contributed by atoms with Gasteiger partial charge in [-0.1, -0.05) is 6.58 Å². The van der Waals surface area contributed by atoms with Crippen molar-refractivity contribution in [2.45, 2.75) is 6.92 Å². The van der Waals surface area contributed by atoms with Crippen LogP contribution in [0.3, 0.4) is 0 Å². The molecule has 2 aromatic rings. The smallest absolute Gasteiger partial charge is 0.153 e. The second-order valence-electron chi connectivity index (χ2n) is 3.36. The van der Waals surface area contributed by atoms with Crippen LogP contribution in [0.1, 0.15) is 11.3 Å². The SMILES string of the molecule is C=C(c1cn[nH]c1)n1ccnc(C)c1=NC. The fraction of sp³-hybridized carbons (Fsp3) is 0.182. The molecule has 0 unspecified atom stereocenters. The Balaban J connectivity index is 2.58. The number of rotatable bonds is 2. The third-order valence-corrected chi connectivity index (χ3v) is 2.37. The molecule has 0 aromatic carbocycles. The van der Waals surface area contributed by atoms with Crippen LogP contribution in [-0.4, -0.2) is 26.8 Å². The van der Waals surface area contributed by atoms with Gasteiger partial charge in [0.25, 0.3) is 0 Å². The van der Waals surface area contributed by atoms with E-state index in [0.29, 0.717) is 0 Å². The lowest BCUT2D eigenvalue weighted by molar-refractivity contribution is 0.898. The van der Waals surface area contributed by atoms with Gasteiger partial charge in [-0.25, -0.2) is 0 Å². The maximum absolute atomic E-state index is 4.21. The van der Waals surface area contributed by atoms with E-state index in [4.69, 9.17) is 0 Å². The van der Waals surface area contributed by atoms with Crippen LogP contribution >= 0.6 is 0 Å². The van der Waals surface area contributed by atoms with Crippen LogP contribution in [0.2, 0.25) is 0 Å². The van der Waals surface area contributed by atoms with Crippen molar-refractivity contribution >= 4 is 5.70 Å². The molecule has 0 saturated carbocycles. The fourth-order valence-electron chi connectivity index (χ4n) is 1.55. The van der Waals surface area contributed by atoms with Gasteiger partial charge in [-0.15, -0.1) is 0 Å². The minimum Gasteiger partial charge on any atom is -0.299 e. The monoisotopic (exact) mass is 215 g/mol. The highest BCUT2D eigenvalue weighted by Crippen LogP contribution is 2.10. The number of aryl methyl sites for hydroxylation is 1. The summed E-state index contributed by atoms with van der Waals surface area (Å²) in [7, 11) is 1.74. The molecule has 0 radical (unpaired) electrons. The van der Waals surface area contributed by atoms with Crippen molar-refractivity contribution in [3.8, 4) is 0 Å². The Kier molecular flexibility index (Phi) is 2.68. The highest BCUT2D eigenvalue weighted by atomic mass is 15.1. The van der Waals surface area contributed by atoms with Crippen LogP contribution in [0.15, 0.2) is 36.4 Å². The van der Waals surface area contributed by atoms with E-state index in [1.54, 1.807) is 25.6 Å². The lowest BCUT2D eigenvalue weighted by Gasteiger charge is -2.09. The van der Waals surface area contributed by atoms with Gasteiger partial charge in [0.2, 0.25) is 0 Å². The van der Waals surface area contributed by atoms with Crippen LogP contribution in [0.25, 0.3) is 5.70 Å². The normalized spacial score (nSPS) is 11.8. The van der Waals surface area contributed by atoms with E-state index in [2.05, 4.69) is 26.8 Å². The van der Waals surface area contributed by atoms with Crippen molar-refractivity contribution in [3.05, 3.63) is 48.1 Å². The van der Waals surface area contributed by atoms with E-state index in [1.807, 2.05) is 17.7 Å². The van der Waals surface area contributed by atoms with E-state index in [1.165, 1.54) is 0 Å². The van der Waals surface area contributed by atoms with Crippen LogP contribution in [0.4, 0.5) is 0 Å². The number of hydrogen-bond acceptors (Lipinski definition) is 3. The van der Waals surface area contributed by atoms with Crippen molar-refractivity contribution in [3.63, 3.8) is 0 Å². The van der Waals surface area contributed by atoms with Gasteiger partial charge in [-0.2, -0.15) is 5.10 Å². The first-order valence-corrected chi connectivity index (χ1v) is 4.89. The molecule has 1 N–H and O–H groups in total. The van der Waals surface area contributed by atoms with Crippen LogP contribution < -0.4 is 5.49 Å². The molecule has 2 heterocycles. The predicted octanol–water partition coefficient (Wildman–Crippen LogP) is 0.964. The van der Waals surface area contributed by atoms with Crippen molar-refractivity contribution in [1.29, 1.82) is 0 Å². The highest BCUT2D eigenvalue weighted by molar-refractivity contribution is 5.61. The number of H-pyrrole nitrogens is 1. The minimum absolute atomic E-state index is 0.800. The molecule has 2 aromatic heterocycles. The van der Waals surface area contributed by atoms with Gasteiger partial charge in [0.1, 0.15) is 0 Å². The van der Waals surface area contributed by atoms with Crippen molar-refractivity contribution in [2.24, 2.45) is 4.99 Å². The van der Waals surface area contributed by atoms with Crippen molar-refractivity contribution < 1.29 is 0 Å². The lowest BCUT2D eigenvalue weighted by atomic mass is 10.3. The van der Waals surface area contributed by atoms with Gasteiger partial charge in [-0.05, 0) is 6.92 Å². The zero-order valence-corrected chi connectivity index (χ0v) is 9.31.